The predicted molar refractivity (Wildman–Crippen MR) is 128 cm³/mol. The molecule has 0 fully saturated rings. The average molecular weight is 489 g/mol. The number of allylic oxidation sites excluding steroid dienone is 1. The Balaban J connectivity index is 2.54. The molecule has 11 heteroatoms. The van der Waals surface area contributed by atoms with E-state index in [0.29, 0.717) is 12.0 Å². The highest BCUT2D eigenvalue weighted by Crippen LogP contribution is 2.39. The first-order valence-corrected chi connectivity index (χ1v) is 11.4. The zero-order valence-electron chi connectivity index (χ0n) is 20.6. The fourth-order valence-corrected chi connectivity index (χ4v) is 3.89. The van der Waals surface area contributed by atoms with E-state index >= 15 is 0 Å². The second kappa shape index (κ2) is 12.1. The van der Waals surface area contributed by atoms with Gasteiger partial charge in [0.25, 0.3) is 5.69 Å². The summed E-state index contributed by atoms with van der Waals surface area (Å²) in [6.07, 6.45) is 1.54. The van der Waals surface area contributed by atoms with E-state index in [9.17, 15) is 24.5 Å². The molecule has 11 nitrogen and oxygen atoms in total. The van der Waals surface area contributed by atoms with Crippen molar-refractivity contribution < 1.29 is 28.8 Å². The molecule has 0 aromatic heterocycles. The number of unbranched alkanes of at least 4 members (excludes halogenated alkanes) is 1. The second-order valence-corrected chi connectivity index (χ2v) is 8.58. The van der Waals surface area contributed by atoms with E-state index in [1.807, 2.05) is 6.92 Å². The van der Waals surface area contributed by atoms with Crippen LogP contribution in [0.5, 0.6) is 0 Å². The lowest BCUT2D eigenvalue weighted by molar-refractivity contribution is -0.384. The van der Waals surface area contributed by atoms with E-state index in [0.717, 1.165) is 6.42 Å². The maximum Gasteiger partial charge on any atom is 0.328 e. The zero-order chi connectivity index (χ0) is 26.3. The Morgan fingerprint density at radius 3 is 2.54 bits per heavy atom. The number of nitrogens with one attached hydrogen (secondary N) is 1. The molecule has 1 heterocycles. The monoisotopic (exact) mass is 488 g/mol. The first-order chi connectivity index (χ1) is 16.5. The number of rotatable bonds is 10. The third kappa shape index (κ3) is 6.43. The quantitative estimate of drug-likeness (QED) is 0.220. The summed E-state index contributed by atoms with van der Waals surface area (Å²) < 4.78 is 10.2. The number of methoxy groups -OCH3 is 1. The number of non-ortho nitro benzene ring substituents is 1. The number of ether oxygens (including phenoxy) is 2. The van der Waals surface area contributed by atoms with Crippen LogP contribution in [0.25, 0.3) is 0 Å². The lowest BCUT2D eigenvalue weighted by atomic mass is 9.76. The Morgan fingerprint density at radius 2 is 1.97 bits per heavy atom. The topological polar surface area (TPSA) is 163 Å². The summed E-state index contributed by atoms with van der Waals surface area (Å²) in [6, 6.07) is 4.64. The highest BCUT2D eigenvalue weighted by atomic mass is 16.6. The predicted octanol–water partition coefficient (Wildman–Crippen LogP) is 2.60. The molecule has 0 saturated carbocycles. The van der Waals surface area contributed by atoms with Crippen molar-refractivity contribution in [2.45, 2.75) is 52.5 Å². The molecule has 3 N–H and O–H groups in total. The molecule has 0 radical (unpaired) electrons. The van der Waals surface area contributed by atoms with Gasteiger partial charge >= 0.3 is 11.9 Å². The number of amides is 1. The number of carbonyl (C=O) groups excluding carboxylic acids is 3. The van der Waals surface area contributed by atoms with Crippen LogP contribution in [0.3, 0.4) is 0 Å². The van der Waals surface area contributed by atoms with Crippen molar-refractivity contribution in [3.63, 3.8) is 0 Å². The third-order valence-corrected chi connectivity index (χ3v) is 5.74. The Labute approximate surface area is 203 Å². The van der Waals surface area contributed by atoms with Gasteiger partial charge in [0.1, 0.15) is 17.8 Å². The van der Waals surface area contributed by atoms with Crippen molar-refractivity contribution in [3.8, 4) is 0 Å². The molecule has 190 valence electrons. The highest BCUT2D eigenvalue weighted by Gasteiger charge is 2.43. The first-order valence-electron chi connectivity index (χ1n) is 11.4. The molecule has 1 aromatic rings. The van der Waals surface area contributed by atoms with Gasteiger partial charge in [0.2, 0.25) is 5.91 Å². The number of amidine groups is 1. The number of esters is 2. The molecule has 3 atom stereocenters. The summed E-state index contributed by atoms with van der Waals surface area (Å²) in [4.78, 5) is 53.9. The number of nitrogens with zero attached hydrogens (tertiary/aromatic N) is 2. The summed E-state index contributed by atoms with van der Waals surface area (Å²) in [5.41, 5.74) is 6.44. The molecule has 1 aliphatic heterocycles. The minimum absolute atomic E-state index is 0.0575. The Morgan fingerprint density at radius 1 is 1.29 bits per heavy atom. The van der Waals surface area contributed by atoms with Crippen LogP contribution in [0.2, 0.25) is 0 Å². The van der Waals surface area contributed by atoms with Crippen molar-refractivity contribution in [1.82, 2.24) is 5.32 Å². The van der Waals surface area contributed by atoms with Crippen LogP contribution in [0, 0.1) is 22.0 Å². The largest absolute Gasteiger partial charge is 0.468 e. The van der Waals surface area contributed by atoms with E-state index in [4.69, 9.17) is 15.2 Å². The van der Waals surface area contributed by atoms with Gasteiger partial charge < -0.3 is 20.5 Å². The van der Waals surface area contributed by atoms with Crippen molar-refractivity contribution in [2.24, 2.45) is 22.6 Å². The van der Waals surface area contributed by atoms with Gasteiger partial charge in [0.15, 0.2) is 0 Å². The Kier molecular flexibility index (Phi) is 9.50. The summed E-state index contributed by atoms with van der Waals surface area (Å²) in [6.45, 7) is 7.27. The zero-order valence-corrected chi connectivity index (χ0v) is 20.6. The summed E-state index contributed by atoms with van der Waals surface area (Å²) in [5, 5.41) is 14.1. The number of hydrogen-bond acceptors (Lipinski definition) is 9. The fraction of sp³-hybridized carbons (Fsp3) is 0.500. The van der Waals surface area contributed by atoms with Gasteiger partial charge in [-0.1, -0.05) is 39.3 Å². The molecule has 2 unspecified atom stereocenters. The molecule has 1 aromatic carbocycles. The van der Waals surface area contributed by atoms with E-state index in [2.05, 4.69) is 10.3 Å². The smallest absolute Gasteiger partial charge is 0.328 e. The molecular formula is C24H32N4O7. The van der Waals surface area contributed by atoms with Gasteiger partial charge in [-0.05, 0) is 24.8 Å². The number of nitro groups is 1. The lowest BCUT2D eigenvalue weighted by Gasteiger charge is -2.32. The number of benzene rings is 1. The van der Waals surface area contributed by atoms with E-state index in [1.54, 1.807) is 26.8 Å². The number of nitrogens with two attached hydrogens (primary N) is 1. The number of hydrogen-bond donors (Lipinski definition) is 2. The van der Waals surface area contributed by atoms with Crippen molar-refractivity contribution in [3.05, 3.63) is 51.2 Å². The second-order valence-electron chi connectivity index (χ2n) is 8.58. The maximum atomic E-state index is 13.6. The van der Waals surface area contributed by atoms with Crippen molar-refractivity contribution in [1.29, 1.82) is 0 Å². The highest BCUT2D eigenvalue weighted by molar-refractivity contribution is 6.07. The van der Waals surface area contributed by atoms with Crippen LogP contribution in [0.1, 0.15) is 52.0 Å². The minimum Gasteiger partial charge on any atom is -0.468 e. The van der Waals surface area contributed by atoms with Gasteiger partial charge in [-0.25, -0.2) is 9.79 Å². The molecule has 35 heavy (non-hydrogen) atoms. The van der Waals surface area contributed by atoms with Gasteiger partial charge in [-0.2, -0.15) is 0 Å². The molecule has 0 aliphatic carbocycles. The van der Waals surface area contributed by atoms with Crippen LogP contribution in [0.4, 0.5) is 5.69 Å². The van der Waals surface area contributed by atoms with E-state index in [-0.39, 0.29) is 35.3 Å². The average Bonchev–Trinajstić information content (AvgIpc) is 2.81. The summed E-state index contributed by atoms with van der Waals surface area (Å²) >= 11 is 0. The lowest BCUT2D eigenvalue weighted by Crippen LogP contribution is -2.48. The standard InChI is InChI=1S/C24H32N4O7/c1-6-7-11-35-24(31)20(13(2)3)27-22(29)17-14(4)26-21(25)19(23(30)34-5)18(17)15-9-8-10-16(12-15)28(32)33/h8-10,12-13,18-20H,6-7,11H2,1-5H3,(H2,25,26)(H,27,29)/t18?,19?,20-/m0/s1. The number of carbonyl (C=O) groups is 3. The molecular weight excluding hydrogens is 456 g/mol. The van der Waals surface area contributed by atoms with Gasteiger partial charge in [-0.15, -0.1) is 0 Å². The molecule has 0 bridgehead atoms. The van der Waals surface area contributed by atoms with E-state index < -0.39 is 40.6 Å². The summed E-state index contributed by atoms with van der Waals surface area (Å²) in [5.74, 6) is -4.57. The minimum atomic E-state index is -1.19. The van der Waals surface area contributed by atoms with Gasteiger partial charge in [0, 0.05) is 29.3 Å². The van der Waals surface area contributed by atoms with Crippen LogP contribution >= 0.6 is 0 Å². The third-order valence-electron chi connectivity index (χ3n) is 5.74. The normalized spacial score (nSPS) is 18.5. The van der Waals surface area contributed by atoms with Gasteiger partial charge in [-0.3, -0.25) is 19.7 Å². The van der Waals surface area contributed by atoms with Crippen molar-refractivity contribution in [2.75, 3.05) is 13.7 Å². The van der Waals surface area contributed by atoms with Crippen LogP contribution in [-0.4, -0.2) is 48.4 Å². The fourth-order valence-electron chi connectivity index (χ4n) is 3.89. The van der Waals surface area contributed by atoms with E-state index in [1.165, 1.54) is 25.3 Å². The number of aliphatic imine (C=N–C) groups is 1. The van der Waals surface area contributed by atoms with Crippen LogP contribution in [0.15, 0.2) is 40.5 Å². The van der Waals surface area contributed by atoms with Crippen LogP contribution < -0.4 is 11.1 Å². The molecule has 1 amide bonds. The SMILES string of the molecule is CCCCOC(=O)[C@@H](NC(=O)C1=C(C)N=C(N)C(C(=O)OC)C1c1cccc([N+](=O)[O-])c1)C(C)C. The maximum absolute atomic E-state index is 13.6. The summed E-state index contributed by atoms with van der Waals surface area (Å²) in [7, 11) is 1.17. The molecule has 1 aliphatic rings. The van der Waals surface area contributed by atoms with Crippen LogP contribution in [-0.2, 0) is 23.9 Å². The van der Waals surface area contributed by atoms with Gasteiger partial charge in [0.05, 0.1) is 18.6 Å². The Hall–Kier alpha value is -3.76. The number of nitro benzene ring substituents is 1. The molecule has 0 spiro atoms. The molecule has 2 rings (SSSR count). The first kappa shape index (κ1) is 27.5. The molecule has 0 saturated heterocycles. The Bertz CT molecular complexity index is 1050. The van der Waals surface area contributed by atoms with Crippen molar-refractivity contribution >= 4 is 29.4 Å².